The first kappa shape index (κ1) is 23.5. The zero-order chi connectivity index (χ0) is 23.8. The first-order valence-electron chi connectivity index (χ1n) is 10.6. The van der Waals surface area contributed by atoms with Crippen molar-refractivity contribution in [1.82, 2.24) is 18.8 Å². The Hall–Kier alpha value is -2.65. The largest absolute Gasteiger partial charge is 0.460 e. The predicted molar refractivity (Wildman–Crippen MR) is 131 cm³/mol. The standard InChI is InChI=1S/C24H27ClN4O3S/c1-5-29-22-12-11-20(33(30,31)27(2)3)14-21(22)26-24(29)16-28(4)15-19-10-13-23(32-19)17-6-8-18(25)9-7-17/h6-14H,5,15-16H2,1-4H3. The van der Waals surface area contributed by atoms with E-state index in [2.05, 4.69) is 16.4 Å². The van der Waals surface area contributed by atoms with Crippen LogP contribution < -0.4 is 0 Å². The van der Waals surface area contributed by atoms with Crippen molar-refractivity contribution in [3.8, 4) is 11.3 Å². The van der Waals surface area contributed by atoms with Crippen molar-refractivity contribution in [2.24, 2.45) is 0 Å². The molecule has 174 valence electrons. The predicted octanol–water partition coefficient (Wildman–Crippen LogP) is 4.85. The first-order valence-corrected chi connectivity index (χ1v) is 12.5. The van der Waals surface area contributed by atoms with Crippen molar-refractivity contribution in [3.63, 3.8) is 0 Å². The van der Waals surface area contributed by atoms with Gasteiger partial charge in [-0.15, -0.1) is 0 Å². The van der Waals surface area contributed by atoms with Crippen molar-refractivity contribution in [2.45, 2.75) is 31.5 Å². The topological polar surface area (TPSA) is 71.6 Å². The Morgan fingerprint density at radius 3 is 2.39 bits per heavy atom. The molecule has 9 heteroatoms. The van der Waals surface area contributed by atoms with Gasteiger partial charge in [-0.05, 0) is 68.6 Å². The minimum absolute atomic E-state index is 0.242. The number of sulfonamides is 1. The quantitative estimate of drug-likeness (QED) is 0.356. The molecule has 0 N–H and O–H groups in total. The molecule has 2 aromatic carbocycles. The Labute approximate surface area is 199 Å². The number of aromatic nitrogens is 2. The zero-order valence-electron chi connectivity index (χ0n) is 19.1. The highest BCUT2D eigenvalue weighted by molar-refractivity contribution is 7.89. The van der Waals surface area contributed by atoms with Gasteiger partial charge in [0.25, 0.3) is 0 Å². The van der Waals surface area contributed by atoms with Crippen LogP contribution in [-0.4, -0.2) is 48.3 Å². The molecule has 0 aliphatic carbocycles. The molecule has 4 aromatic rings. The van der Waals surface area contributed by atoms with Crippen molar-refractivity contribution in [3.05, 3.63) is 71.2 Å². The number of hydrogen-bond donors (Lipinski definition) is 0. The number of nitrogens with zero attached hydrogens (tertiary/aromatic N) is 4. The summed E-state index contributed by atoms with van der Waals surface area (Å²) in [7, 11) is 1.54. The molecule has 0 fully saturated rings. The third kappa shape index (κ3) is 4.84. The van der Waals surface area contributed by atoms with Crippen LogP contribution >= 0.6 is 11.6 Å². The van der Waals surface area contributed by atoms with Gasteiger partial charge in [-0.25, -0.2) is 17.7 Å². The van der Waals surface area contributed by atoms with Crippen LogP contribution in [0.4, 0.5) is 0 Å². The summed E-state index contributed by atoms with van der Waals surface area (Å²) in [5.41, 5.74) is 2.57. The van der Waals surface area contributed by atoms with Crippen LogP contribution in [0, 0.1) is 0 Å². The van der Waals surface area contributed by atoms with Gasteiger partial charge in [-0.1, -0.05) is 11.6 Å². The van der Waals surface area contributed by atoms with Crippen LogP contribution in [0.25, 0.3) is 22.4 Å². The van der Waals surface area contributed by atoms with Gasteiger partial charge in [0.15, 0.2) is 0 Å². The molecular formula is C24H27ClN4O3S. The normalized spacial score (nSPS) is 12.3. The molecular weight excluding hydrogens is 460 g/mol. The van der Waals surface area contributed by atoms with E-state index in [9.17, 15) is 8.42 Å². The minimum Gasteiger partial charge on any atom is -0.460 e. The van der Waals surface area contributed by atoms with E-state index in [0.29, 0.717) is 23.6 Å². The molecule has 0 saturated carbocycles. The van der Waals surface area contributed by atoms with E-state index in [1.807, 2.05) is 49.5 Å². The maximum atomic E-state index is 12.5. The molecule has 0 aliphatic heterocycles. The lowest BCUT2D eigenvalue weighted by molar-refractivity contribution is 0.279. The van der Waals surface area contributed by atoms with Gasteiger partial charge in [-0.3, -0.25) is 4.90 Å². The average Bonchev–Trinajstić information content (AvgIpc) is 3.37. The van der Waals surface area contributed by atoms with Crippen molar-refractivity contribution in [1.29, 1.82) is 0 Å². The van der Waals surface area contributed by atoms with E-state index in [4.69, 9.17) is 21.0 Å². The van der Waals surface area contributed by atoms with Gasteiger partial charge < -0.3 is 8.98 Å². The number of hydrogen-bond acceptors (Lipinski definition) is 5. The fourth-order valence-corrected chi connectivity index (χ4v) is 4.85. The van der Waals surface area contributed by atoms with Gasteiger partial charge in [0.05, 0.1) is 29.0 Å². The lowest BCUT2D eigenvalue weighted by atomic mass is 10.2. The molecule has 0 radical (unpaired) electrons. The summed E-state index contributed by atoms with van der Waals surface area (Å²) in [4.78, 5) is 7.12. The fourth-order valence-electron chi connectivity index (χ4n) is 3.80. The lowest BCUT2D eigenvalue weighted by Gasteiger charge is -2.15. The van der Waals surface area contributed by atoms with Crippen LogP contribution in [-0.2, 0) is 29.7 Å². The number of imidazole rings is 1. The molecule has 0 unspecified atom stereocenters. The third-order valence-corrected chi connectivity index (χ3v) is 7.58. The van der Waals surface area contributed by atoms with Crippen LogP contribution in [0.5, 0.6) is 0 Å². The monoisotopic (exact) mass is 486 g/mol. The van der Waals surface area contributed by atoms with Crippen LogP contribution in [0.2, 0.25) is 5.02 Å². The number of benzene rings is 2. The molecule has 0 bridgehead atoms. The van der Waals surface area contributed by atoms with Crippen LogP contribution in [0.3, 0.4) is 0 Å². The lowest BCUT2D eigenvalue weighted by Crippen LogP contribution is -2.22. The second-order valence-corrected chi connectivity index (χ2v) is 10.7. The highest BCUT2D eigenvalue weighted by Crippen LogP contribution is 2.26. The fraction of sp³-hybridized carbons (Fsp3) is 0.292. The second kappa shape index (κ2) is 9.30. The van der Waals surface area contributed by atoms with E-state index >= 15 is 0 Å². The Balaban J connectivity index is 1.54. The van der Waals surface area contributed by atoms with Crippen molar-refractivity contribution < 1.29 is 12.8 Å². The van der Waals surface area contributed by atoms with E-state index in [1.54, 1.807) is 12.1 Å². The summed E-state index contributed by atoms with van der Waals surface area (Å²) in [5, 5.41) is 0.690. The SMILES string of the molecule is CCn1c(CN(C)Cc2ccc(-c3ccc(Cl)cc3)o2)nc2cc(S(=O)(=O)N(C)C)ccc21. The molecule has 7 nitrogen and oxygen atoms in total. The molecule has 2 heterocycles. The molecule has 2 aromatic heterocycles. The first-order chi connectivity index (χ1) is 15.7. The van der Waals surface area contributed by atoms with E-state index in [-0.39, 0.29) is 4.90 Å². The number of halogens is 1. The molecule has 33 heavy (non-hydrogen) atoms. The maximum absolute atomic E-state index is 12.5. The Morgan fingerprint density at radius 1 is 1.00 bits per heavy atom. The zero-order valence-corrected chi connectivity index (χ0v) is 20.7. The van der Waals surface area contributed by atoms with E-state index < -0.39 is 10.0 Å². The van der Waals surface area contributed by atoms with Gasteiger partial charge in [0.2, 0.25) is 10.0 Å². The van der Waals surface area contributed by atoms with E-state index in [0.717, 1.165) is 35.0 Å². The summed E-state index contributed by atoms with van der Waals surface area (Å²) in [5.74, 6) is 2.52. The Bertz CT molecular complexity index is 1370. The number of furan rings is 1. The molecule has 0 saturated heterocycles. The summed E-state index contributed by atoms with van der Waals surface area (Å²) < 4.78 is 34.4. The molecule has 0 spiro atoms. The van der Waals surface area contributed by atoms with Crippen molar-refractivity contribution in [2.75, 3.05) is 21.1 Å². The van der Waals surface area contributed by atoms with Gasteiger partial charge >= 0.3 is 0 Å². The molecule has 4 rings (SSSR count). The molecule has 0 aliphatic rings. The minimum atomic E-state index is -3.51. The summed E-state index contributed by atoms with van der Waals surface area (Å²) >= 11 is 5.97. The highest BCUT2D eigenvalue weighted by Gasteiger charge is 2.20. The Morgan fingerprint density at radius 2 is 1.73 bits per heavy atom. The summed E-state index contributed by atoms with van der Waals surface area (Å²) in [6.07, 6.45) is 0. The summed E-state index contributed by atoms with van der Waals surface area (Å²) in [6.45, 7) is 4.00. The molecule has 0 atom stereocenters. The number of aryl methyl sites for hydroxylation is 1. The highest BCUT2D eigenvalue weighted by atomic mass is 35.5. The van der Waals surface area contributed by atoms with Crippen LogP contribution in [0.1, 0.15) is 18.5 Å². The van der Waals surface area contributed by atoms with Gasteiger partial charge in [0, 0.05) is 31.2 Å². The summed E-state index contributed by atoms with van der Waals surface area (Å²) in [6, 6.07) is 16.6. The molecule has 0 amide bonds. The number of rotatable bonds is 8. The second-order valence-electron chi connectivity index (χ2n) is 8.16. The van der Waals surface area contributed by atoms with Crippen molar-refractivity contribution >= 4 is 32.7 Å². The number of fused-ring (bicyclic) bond motifs is 1. The van der Waals surface area contributed by atoms with Gasteiger partial charge in [0.1, 0.15) is 17.3 Å². The van der Waals surface area contributed by atoms with Crippen LogP contribution in [0.15, 0.2) is 63.9 Å². The van der Waals surface area contributed by atoms with Gasteiger partial charge in [-0.2, -0.15) is 0 Å². The Kier molecular flexibility index (Phi) is 6.63. The smallest absolute Gasteiger partial charge is 0.242 e. The average molecular weight is 487 g/mol. The van der Waals surface area contributed by atoms with E-state index in [1.165, 1.54) is 18.4 Å². The third-order valence-electron chi connectivity index (χ3n) is 5.52. The maximum Gasteiger partial charge on any atom is 0.242 e.